The highest BCUT2D eigenvalue weighted by atomic mass is 35.5. The quantitative estimate of drug-likeness (QED) is 0.617. The van der Waals surface area contributed by atoms with Crippen LogP contribution in [0.2, 0.25) is 0 Å². The van der Waals surface area contributed by atoms with Gasteiger partial charge < -0.3 is 4.42 Å². The Morgan fingerprint density at radius 1 is 1.70 bits per heavy atom. The second-order valence-electron chi connectivity index (χ2n) is 2.45. The third-order valence-corrected chi connectivity index (χ3v) is 1.63. The fourth-order valence-electron chi connectivity index (χ4n) is 0.800. The third kappa shape index (κ3) is 2.44. The first kappa shape index (κ1) is 7.67. The van der Waals surface area contributed by atoms with Gasteiger partial charge in [-0.2, -0.15) is 0 Å². The fourth-order valence-corrected chi connectivity index (χ4v) is 0.910. The molecule has 0 radical (unpaired) electrons. The Bertz CT molecular complexity index is 167. The summed E-state index contributed by atoms with van der Waals surface area (Å²) < 4.78 is 4.90. The van der Waals surface area contributed by atoms with E-state index in [0.717, 1.165) is 12.8 Å². The van der Waals surface area contributed by atoms with E-state index in [1.165, 1.54) is 5.56 Å². The van der Waals surface area contributed by atoms with Crippen molar-refractivity contribution in [2.75, 3.05) is 0 Å². The highest BCUT2D eigenvalue weighted by molar-refractivity contribution is 6.20. The minimum Gasteiger partial charge on any atom is -0.472 e. The molecule has 0 bridgehead atoms. The van der Waals surface area contributed by atoms with Crippen LogP contribution in [0.5, 0.6) is 0 Å². The van der Waals surface area contributed by atoms with Crippen molar-refractivity contribution in [2.45, 2.75) is 25.1 Å². The van der Waals surface area contributed by atoms with Crippen molar-refractivity contribution in [3.05, 3.63) is 24.2 Å². The highest BCUT2D eigenvalue weighted by Gasteiger charge is 1.97. The summed E-state index contributed by atoms with van der Waals surface area (Å²) in [6.07, 6.45) is 5.48. The largest absolute Gasteiger partial charge is 0.472 e. The molecule has 0 aliphatic carbocycles. The van der Waals surface area contributed by atoms with Crippen LogP contribution in [-0.2, 0) is 6.42 Å². The number of halogens is 1. The molecule has 0 aromatic carbocycles. The zero-order chi connectivity index (χ0) is 7.40. The van der Waals surface area contributed by atoms with Gasteiger partial charge in [-0.15, -0.1) is 11.6 Å². The average molecular weight is 159 g/mol. The number of hydrogen-bond donors (Lipinski definition) is 0. The molecule has 56 valence electrons. The van der Waals surface area contributed by atoms with E-state index in [-0.39, 0.29) is 5.38 Å². The fraction of sp³-hybridized carbons (Fsp3) is 0.500. The van der Waals surface area contributed by atoms with Gasteiger partial charge in [-0.25, -0.2) is 0 Å². The molecule has 2 heteroatoms. The van der Waals surface area contributed by atoms with Crippen molar-refractivity contribution in [2.24, 2.45) is 0 Å². The number of rotatable bonds is 3. The Morgan fingerprint density at radius 2 is 2.50 bits per heavy atom. The van der Waals surface area contributed by atoms with Crippen LogP contribution in [0.3, 0.4) is 0 Å². The van der Waals surface area contributed by atoms with Gasteiger partial charge in [0.2, 0.25) is 0 Å². The van der Waals surface area contributed by atoms with Gasteiger partial charge in [0, 0.05) is 5.38 Å². The van der Waals surface area contributed by atoms with E-state index in [4.69, 9.17) is 16.0 Å². The summed E-state index contributed by atoms with van der Waals surface area (Å²) in [5.41, 5.74) is 1.23. The lowest BCUT2D eigenvalue weighted by Gasteiger charge is -1.98. The molecule has 0 N–H and O–H groups in total. The van der Waals surface area contributed by atoms with Crippen LogP contribution < -0.4 is 0 Å². The van der Waals surface area contributed by atoms with Crippen LogP contribution in [-0.4, -0.2) is 5.38 Å². The molecule has 1 nitrogen and oxygen atoms in total. The van der Waals surface area contributed by atoms with Crippen molar-refractivity contribution in [3.63, 3.8) is 0 Å². The van der Waals surface area contributed by atoms with Crippen LogP contribution in [0, 0.1) is 0 Å². The van der Waals surface area contributed by atoms with E-state index in [2.05, 4.69) is 0 Å². The maximum Gasteiger partial charge on any atom is 0.0934 e. The van der Waals surface area contributed by atoms with Gasteiger partial charge in [0.15, 0.2) is 0 Å². The topological polar surface area (TPSA) is 13.1 Å². The van der Waals surface area contributed by atoms with Gasteiger partial charge in [-0.3, -0.25) is 0 Å². The molecule has 1 unspecified atom stereocenters. The Hall–Kier alpha value is -0.430. The molecule has 1 heterocycles. The molecule has 0 saturated heterocycles. The van der Waals surface area contributed by atoms with E-state index in [1.54, 1.807) is 12.5 Å². The zero-order valence-electron chi connectivity index (χ0n) is 6.01. The first-order valence-corrected chi connectivity index (χ1v) is 3.88. The molecule has 10 heavy (non-hydrogen) atoms. The summed E-state index contributed by atoms with van der Waals surface area (Å²) in [5, 5.41) is 0.259. The lowest BCUT2D eigenvalue weighted by atomic mass is 10.1. The zero-order valence-corrected chi connectivity index (χ0v) is 6.77. The Kier molecular flexibility index (Phi) is 2.82. The summed E-state index contributed by atoms with van der Waals surface area (Å²) in [4.78, 5) is 0. The molecule has 0 saturated carbocycles. The summed E-state index contributed by atoms with van der Waals surface area (Å²) in [5.74, 6) is 0. The van der Waals surface area contributed by atoms with Gasteiger partial charge in [0.25, 0.3) is 0 Å². The van der Waals surface area contributed by atoms with Gasteiger partial charge in [0.1, 0.15) is 0 Å². The lowest BCUT2D eigenvalue weighted by molar-refractivity contribution is 0.563. The lowest BCUT2D eigenvalue weighted by Crippen LogP contribution is -1.92. The Labute approximate surface area is 66.0 Å². The van der Waals surface area contributed by atoms with Gasteiger partial charge >= 0.3 is 0 Å². The summed E-state index contributed by atoms with van der Waals surface area (Å²) in [6.45, 7) is 2.00. The van der Waals surface area contributed by atoms with E-state index in [1.807, 2.05) is 13.0 Å². The summed E-state index contributed by atoms with van der Waals surface area (Å²) in [7, 11) is 0. The van der Waals surface area contributed by atoms with Crippen molar-refractivity contribution >= 4 is 11.6 Å². The molecule has 1 rings (SSSR count). The van der Waals surface area contributed by atoms with Crippen molar-refractivity contribution in [3.8, 4) is 0 Å². The molecular weight excluding hydrogens is 148 g/mol. The Morgan fingerprint density at radius 3 is 3.00 bits per heavy atom. The van der Waals surface area contributed by atoms with Crippen LogP contribution >= 0.6 is 11.6 Å². The second kappa shape index (κ2) is 3.67. The van der Waals surface area contributed by atoms with E-state index in [0.29, 0.717) is 0 Å². The summed E-state index contributed by atoms with van der Waals surface area (Å²) >= 11 is 5.76. The van der Waals surface area contributed by atoms with E-state index in [9.17, 15) is 0 Å². The van der Waals surface area contributed by atoms with Gasteiger partial charge in [0.05, 0.1) is 12.5 Å². The molecule has 0 spiro atoms. The van der Waals surface area contributed by atoms with E-state index < -0.39 is 0 Å². The first-order valence-electron chi connectivity index (χ1n) is 3.44. The van der Waals surface area contributed by atoms with Crippen LogP contribution in [0.1, 0.15) is 18.9 Å². The number of furan rings is 1. The standard InChI is InChI=1S/C8H11ClO/c1-7(9)2-3-8-4-5-10-6-8/h4-7H,2-3H2,1H3. The average Bonchev–Trinajstić information content (AvgIpc) is 2.34. The summed E-state index contributed by atoms with van der Waals surface area (Å²) in [6, 6.07) is 1.97. The maximum atomic E-state index is 5.76. The Balaban J connectivity index is 2.28. The van der Waals surface area contributed by atoms with Crippen LogP contribution in [0.15, 0.2) is 23.0 Å². The second-order valence-corrected chi connectivity index (χ2v) is 3.20. The van der Waals surface area contributed by atoms with E-state index >= 15 is 0 Å². The molecule has 1 aromatic rings. The molecule has 0 amide bonds. The van der Waals surface area contributed by atoms with Gasteiger partial charge in [-0.1, -0.05) is 0 Å². The minimum absolute atomic E-state index is 0.259. The molecule has 0 aliphatic rings. The number of aryl methyl sites for hydroxylation is 1. The van der Waals surface area contributed by atoms with Crippen LogP contribution in [0.4, 0.5) is 0 Å². The van der Waals surface area contributed by atoms with Crippen molar-refractivity contribution < 1.29 is 4.42 Å². The molecule has 1 atom stereocenters. The number of hydrogen-bond acceptors (Lipinski definition) is 1. The van der Waals surface area contributed by atoms with Crippen molar-refractivity contribution in [1.82, 2.24) is 0 Å². The van der Waals surface area contributed by atoms with Crippen molar-refractivity contribution in [1.29, 1.82) is 0 Å². The predicted molar refractivity (Wildman–Crippen MR) is 42.3 cm³/mol. The maximum absolute atomic E-state index is 5.76. The molecular formula is C8H11ClO. The molecule has 0 fully saturated rings. The number of alkyl halides is 1. The molecule has 1 aromatic heterocycles. The predicted octanol–water partition coefficient (Wildman–Crippen LogP) is 2.84. The SMILES string of the molecule is CC(Cl)CCc1ccoc1. The normalized spacial score (nSPS) is 13.4. The third-order valence-electron chi connectivity index (χ3n) is 1.41. The highest BCUT2D eigenvalue weighted by Crippen LogP contribution is 2.08. The monoisotopic (exact) mass is 158 g/mol. The van der Waals surface area contributed by atoms with Gasteiger partial charge in [-0.05, 0) is 31.4 Å². The smallest absolute Gasteiger partial charge is 0.0934 e. The van der Waals surface area contributed by atoms with Crippen LogP contribution in [0.25, 0.3) is 0 Å². The minimum atomic E-state index is 0.259. The first-order chi connectivity index (χ1) is 4.79. The molecule has 0 aliphatic heterocycles.